The first kappa shape index (κ1) is 13.8. The van der Waals surface area contributed by atoms with Crippen LogP contribution in [0.4, 0.5) is 0 Å². The van der Waals surface area contributed by atoms with Crippen molar-refractivity contribution in [3.63, 3.8) is 0 Å². The van der Waals surface area contributed by atoms with Crippen LogP contribution in [0.3, 0.4) is 0 Å². The maximum Gasteiger partial charge on any atom is 0.244 e. The summed E-state index contributed by atoms with van der Waals surface area (Å²) in [6.07, 6.45) is 0.644. The predicted octanol–water partition coefficient (Wildman–Crippen LogP) is 3.63. The normalized spacial score (nSPS) is 12.3. The Morgan fingerprint density at radius 3 is 2.52 bits per heavy atom. The number of hydrogen-bond donors (Lipinski definition) is 1. The van der Waals surface area contributed by atoms with Gasteiger partial charge in [-0.3, -0.25) is 0 Å². The summed E-state index contributed by atoms with van der Waals surface area (Å²) in [5.74, 6) is 0.868. The zero-order chi connectivity index (χ0) is 14.7. The van der Waals surface area contributed by atoms with Crippen LogP contribution in [-0.2, 0) is 6.42 Å². The van der Waals surface area contributed by atoms with Crippen LogP contribution in [0, 0.1) is 0 Å². The summed E-state index contributed by atoms with van der Waals surface area (Å²) >= 11 is 6.12. The largest absolute Gasteiger partial charge is 0.337 e. The van der Waals surface area contributed by atoms with Crippen LogP contribution < -0.4 is 5.73 Å². The molecule has 2 aromatic carbocycles. The SMILES string of the molecule is N[C@H](Cc1ccccc1)c1nc(-c2ccccc2Cl)no1. The second kappa shape index (κ2) is 6.08. The molecule has 3 aromatic rings. The Labute approximate surface area is 127 Å². The fraction of sp³-hybridized carbons (Fsp3) is 0.125. The van der Waals surface area contributed by atoms with Crippen LogP contribution in [0.2, 0.25) is 5.02 Å². The Hall–Kier alpha value is -2.17. The maximum atomic E-state index is 6.13. The van der Waals surface area contributed by atoms with Gasteiger partial charge >= 0.3 is 0 Å². The minimum atomic E-state index is -0.337. The molecule has 0 aliphatic heterocycles. The summed E-state index contributed by atoms with van der Waals surface area (Å²) in [4.78, 5) is 4.35. The van der Waals surface area contributed by atoms with Gasteiger partial charge < -0.3 is 10.3 Å². The van der Waals surface area contributed by atoms with Crippen LogP contribution in [0.15, 0.2) is 59.1 Å². The molecule has 0 aliphatic carbocycles. The molecule has 1 atom stereocenters. The lowest BCUT2D eigenvalue weighted by Crippen LogP contribution is -2.13. The molecular formula is C16H14ClN3O. The van der Waals surface area contributed by atoms with Crippen molar-refractivity contribution in [2.24, 2.45) is 5.73 Å². The molecule has 106 valence electrons. The van der Waals surface area contributed by atoms with Crippen molar-refractivity contribution >= 4 is 11.6 Å². The third-order valence-electron chi connectivity index (χ3n) is 3.17. The van der Waals surface area contributed by atoms with Gasteiger partial charge in [-0.1, -0.05) is 59.2 Å². The molecule has 1 aromatic heterocycles. The molecule has 5 heteroatoms. The molecular weight excluding hydrogens is 286 g/mol. The highest BCUT2D eigenvalue weighted by Crippen LogP contribution is 2.26. The van der Waals surface area contributed by atoms with Gasteiger partial charge in [-0.25, -0.2) is 0 Å². The third-order valence-corrected chi connectivity index (χ3v) is 3.50. The standard InChI is InChI=1S/C16H14ClN3O/c17-13-9-5-4-8-12(13)15-19-16(21-20-15)14(18)10-11-6-2-1-3-7-11/h1-9,14H,10,18H2/t14-/m1/s1. The van der Waals surface area contributed by atoms with E-state index in [-0.39, 0.29) is 6.04 Å². The van der Waals surface area contributed by atoms with Gasteiger partial charge in [0.05, 0.1) is 11.1 Å². The lowest BCUT2D eigenvalue weighted by atomic mass is 10.1. The zero-order valence-corrected chi connectivity index (χ0v) is 12.0. The molecule has 0 bridgehead atoms. The Balaban J connectivity index is 1.80. The lowest BCUT2D eigenvalue weighted by molar-refractivity contribution is 0.354. The van der Waals surface area contributed by atoms with Crippen molar-refractivity contribution in [2.45, 2.75) is 12.5 Å². The number of aromatic nitrogens is 2. The summed E-state index contributed by atoms with van der Waals surface area (Å²) in [5.41, 5.74) is 7.99. The molecule has 0 fully saturated rings. The molecule has 0 saturated heterocycles. The highest BCUT2D eigenvalue weighted by atomic mass is 35.5. The minimum absolute atomic E-state index is 0.337. The number of hydrogen-bond acceptors (Lipinski definition) is 4. The lowest BCUT2D eigenvalue weighted by Gasteiger charge is -2.06. The molecule has 0 radical (unpaired) electrons. The molecule has 0 aliphatic rings. The van der Waals surface area contributed by atoms with Gasteiger partial charge in [0.2, 0.25) is 11.7 Å². The maximum absolute atomic E-state index is 6.13. The average Bonchev–Trinajstić information content (AvgIpc) is 2.98. The number of rotatable bonds is 4. The average molecular weight is 300 g/mol. The molecule has 4 nitrogen and oxygen atoms in total. The van der Waals surface area contributed by atoms with Gasteiger partial charge in [-0.15, -0.1) is 0 Å². The van der Waals surface area contributed by atoms with E-state index in [0.29, 0.717) is 23.2 Å². The number of nitrogens with zero attached hydrogens (tertiary/aromatic N) is 2. The fourth-order valence-corrected chi connectivity index (χ4v) is 2.31. The van der Waals surface area contributed by atoms with Crippen molar-refractivity contribution in [2.75, 3.05) is 0 Å². The predicted molar refractivity (Wildman–Crippen MR) is 81.8 cm³/mol. The Morgan fingerprint density at radius 1 is 1.05 bits per heavy atom. The van der Waals surface area contributed by atoms with Gasteiger partial charge in [0.15, 0.2) is 0 Å². The Kier molecular flexibility index (Phi) is 3.99. The first-order valence-electron chi connectivity index (χ1n) is 6.62. The second-order valence-electron chi connectivity index (χ2n) is 4.73. The zero-order valence-electron chi connectivity index (χ0n) is 11.2. The first-order chi connectivity index (χ1) is 10.2. The van der Waals surface area contributed by atoms with Crippen molar-refractivity contribution in [3.05, 3.63) is 71.1 Å². The van der Waals surface area contributed by atoms with E-state index in [1.807, 2.05) is 48.5 Å². The monoisotopic (exact) mass is 299 g/mol. The summed E-state index contributed by atoms with van der Waals surface area (Å²) in [6.45, 7) is 0. The van der Waals surface area contributed by atoms with Crippen molar-refractivity contribution in [1.82, 2.24) is 10.1 Å². The van der Waals surface area contributed by atoms with Gasteiger partial charge in [0.25, 0.3) is 0 Å². The summed E-state index contributed by atoms with van der Waals surface area (Å²) in [7, 11) is 0. The minimum Gasteiger partial charge on any atom is -0.337 e. The van der Waals surface area contributed by atoms with E-state index >= 15 is 0 Å². The van der Waals surface area contributed by atoms with E-state index in [0.717, 1.165) is 11.1 Å². The van der Waals surface area contributed by atoms with E-state index in [1.54, 1.807) is 6.07 Å². The first-order valence-corrected chi connectivity index (χ1v) is 7.00. The highest BCUT2D eigenvalue weighted by molar-refractivity contribution is 6.33. The second-order valence-corrected chi connectivity index (χ2v) is 5.14. The molecule has 0 amide bonds. The Bertz CT molecular complexity index is 727. The number of nitrogens with two attached hydrogens (primary N) is 1. The fourth-order valence-electron chi connectivity index (χ4n) is 2.09. The summed E-state index contributed by atoms with van der Waals surface area (Å²) in [6, 6.07) is 17.0. The van der Waals surface area contributed by atoms with E-state index < -0.39 is 0 Å². The van der Waals surface area contributed by atoms with Crippen LogP contribution in [0.25, 0.3) is 11.4 Å². The topological polar surface area (TPSA) is 64.9 Å². The van der Waals surface area contributed by atoms with E-state index in [4.69, 9.17) is 21.9 Å². The molecule has 0 saturated carbocycles. The highest BCUT2D eigenvalue weighted by Gasteiger charge is 2.17. The van der Waals surface area contributed by atoms with E-state index in [1.165, 1.54) is 0 Å². The molecule has 1 heterocycles. The Morgan fingerprint density at radius 2 is 1.76 bits per heavy atom. The molecule has 0 unspecified atom stereocenters. The van der Waals surface area contributed by atoms with Gasteiger partial charge in [-0.2, -0.15) is 4.98 Å². The van der Waals surface area contributed by atoms with Gasteiger partial charge in [0.1, 0.15) is 0 Å². The van der Waals surface area contributed by atoms with Crippen molar-refractivity contribution in [1.29, 1.82) is 0 Å². The van der Waals surface area contributed by atoms with Crippen LogP contribution >= 0.6 is 11.6 Å². The van der Waals surface area contributed by atoms with Gasteiger partial charge in [0, 0.05) is 5.56 Å². The quantitative estimate of drug-likeness (QED) is 0.799. The molecule has 0 spiro atoms. The van der Waals surface area contributed by atoms with Crippen molar-refractivity contribution < 1.29 is 4.52 Å². The molecule has 3 rings (SSSR count). The van der Waals surface area contributed by atoms with Crippen LogP contribution in [-0.4, -0.2) is 10.1 Å². The number of halogens is 1. The number of benzene rings is 2. The summed E-state index contributed by atoms with van der Waals surface area (Å²) < 4.78 is 5.26. The van der Waals surface area contributed by atoms with Crippen molar-refractivity contribution in [3.8, 4) is 11.4 Å². The molecule has 2 N–H and O–H groups in total. The van der Waals surface area contributed by atoms with E-state index in [9.17, 15) is 0 Å². The van der Waals surface area contributed by atoms with Gasteiger partial charge in [-0.05, 0) is 24.1 Å². The summed E-state index contributed by atoms with van der Waals surface area (Å²) in [5, 5.41) is 4.54. The van der Waals surface area contributed by atoms with E-state index in [2.05, 4.69) is 10.1 Å². The van der Waals surface area contributed by atoms with Crippen LogP contribution in [0.5, 0.6) is 0 Å². The van der Waals surface area contributed by atoms with Crippen LogP contribution in [0.1, 0.15) is 17.5 Å². The third kappa shape index (κ3) is 3.12. The molecule has 21 heavy (non-hydrogen) atoms. The smallest absolute Gasteiger partial charge is 0.244 e.